The van der Waals surface area contributed by atoms with E-state index in [1.165, 1.54) is 0 Å². The number of anilines is 3. The van der Waals surface area contributed by atoms with E-state index in [9.17, 15) is 4.79 Å². The first-order valence-electron chi connectivity index (χ1n) is 10.2. The molecule has 1 aliphatic rings. The summed E-state index contributed by atoms with van der Waals surface area (Å²) in [5.74, 6) is 1.13. The number of fused-ring (bicyclic) bond motifs is 2. The number of benzene rings is 1. The molecule has 152 valence electrons. The van der Waals surface area contributed by atoms with Gasteiger partial charge in [0.2, 0.25) is 0 Å². The zero-order valence-corrected chi connectivity index (χ0v) is 16.4. The molecule has 2 atom stereocenters. The predicted octanol–water partition coefficient (Wildman–Crippen LogP) is 3.29. The summed E-state index contributed by atoms with van der Waals surface area (Å²) in [4.78, 5) is 21.7. The van der Waals surface area contributed by atoms with Crippen molar-refractivity contribution in [2.45, 2.75) is 37.8 Å². The van der Waals surface area contributed by atoms with Gasteiger partial charge in [-0.1, -0.05) is 31.0 Å². The van der Waals surface area contributed by atoms with Gasteiger partial charge in [-0.05, 0) is 31.0 Å². The van der Waals surface area contributed by atoms with Gasteiger partial charge in [-0.2, -0.15) is 5.10 Å². The van der Waals surface area contributed by atoms with Gasteiger partial charge < -0.3 is 16.4 Å². The molecule has 0 radical (unpaired) electrons. The van der Waals surface area contributed by atoms with Gasteiger partial charge in [0.05, 0.1) is 29.0 Å². The second-order valence-electron chi connectivity index (χ2n) is 7.76. The van der Waals surface area contributed by atoms with Gasteiger partial charge in [-0.3, -0.25) is 9.78 Å². The number of aromatic nitrogens is 4. The van der Waals surface area contributed by atoms with Crippen molar-refractivity contribution in [3.63, 3.8) is 0 Å². The van der Waals surface area contributed by atoms with Gasteiger partial charge in [0.25, 0.3) is 5.56 Å². The lowest BCUT2D eigenvalue weighted by atomic mass is 9.91. The van der Waals surface area contributed by atoms with Crippen molar-refractivity contribution in [3.8, 4) is 0 Å². The molecule has 8 nitrogen and oxygen atoms in total. The van der Waals surface area contributed by atoms with Gasteiger partial charge in [-0.15, -0.1) is 0 Å². The van der Waals surface area contributed by atoms with Crippen molar-refractivity contribution in [1.82, 2.24) is 20.2 Å². The number of nitrogens with zero attached hydrogens (tertiary/aromatic N) is 3. The highest BCUT2D eigenvalue weighted by atomic mass is 16.1. The maximum atomic E-state index is 12.5. The lowest BCUT2D eigenvalue weighted by molar-refractivity contribution is 0.403. The largest absolute Gasteiger partial charge is 0.366 e. The number of aromatic amines is 1. The minimum absolute atomic E-state index is 0.0923. The Kier molecular flexibility index (Phi) is 4.76. The molecular formula is C22H23N7O. The topological polar surface area (TPSA) is 122 Å². The Hall–Kier alpha value is -3.52. The van der Waals surface area contributed by atoms with Crippen LogP contribution in [-0.4, -0.2) is 32.2 Å². The van der Waals surface area contributed by atoms with Crippen LogP contribution in [0.4, 0.5) is 17.3 Å². The van der Waals surface area contributed by atoms with Crippen LogP contribution in [0.1, 0.15) is 25.7 Å². The van der Waals surface area contributed by atoms with Crippen molar-refractivity contribution in [2.24, 2.45) is 5.73 Å². The highest BCUT2D eigenvalue weighted by molar-refractivity contribution is 5.94. The molecule has 1 saturated carbocycles. The minimum Gasteiger partial charge on any atom is -0.366 e. The minimum atomic E-state index is -0.294. The third-order valence-electron chi connectivity index (χ3n) is 5.65. The molecule has 1 aliphatic carbocycles. The molecule has 1 aromatic carbocycles. The fourth-order valence-corrected chi connectivity index (χ4v) is 4.09. The summed E-state index contributed by atoms with van der Waals surface area (Å²) in [6.45, 7) is 0. The summed E-state index contributed by atoms with van der Waals surface area (Å²) in [7, 11) is 0. The SMILES string of the molecule is N[C@H]1CCCCC1Nc1cc2cn[nH]c(=O)c2c(Nc2cnc3ccccc3c2)n1. The quantitative estimate of drug-likeness (QED) is 0.414. The van der Waals surface area contributed by atoms with Crippen LogP contribution in [0.5, 0.6) is 0 Å². The molecule has 5 N–H and O–H groups in total. The lowest BCUT2D eigenvalue weighted by Gasteiger charge is -2.30. The number of nitrogens with two attached hydrogens (primary N) is 1. The Balaban J connectivity index is 1.55. The number of para-hydroxylation sites is 1. The Morgan fingerprint density at radius 3 is 2.83 bits per heavy atom. The zero-order chi connectivity index (χ0) is 20.5. The number of rotatable bonds is 4. The Morgan fingerprint density at radius 2 is 1.93 bits per heavy atom. The molecule has 5 rings (SSSR count). The molecule has 1 fully saturated rings. The number of hydrogen-bond donors (Lipinski definition) is 4. The van der Waals surface area contributed by atoms with Gasteiger partial charge in [0.15, 0.2) is 0 Å². The summed E-state index contributed by atoms with van der Waals surface area (Å²) in [6, 6.07) is 12.0. The Labute approximate surface area is 172 Å². The molecule has 1 unspecified atom stereocenters. The first-order chi connectivity index (χ1) is 14.7. The fourth-order valence-electron chi connectivity index (χ4n) is 4.09. The van der Waals surface area contributed by atoms with Crippen molar-refractivity contribution in [2.75, 3.05) is 10.6 Å². The maximum Gasteiger partial charge on any atom is 0.275 e. The van der Waals surface area contributed by atoms with Gasteiger partial charge in [0, 0.05) is 22.9 Å². The first kappa shape index (κ1) is 18.5. The van der Waals surface area contributed by atoms with Crippen LogP contribution in [0.3, 0.4) is 0 Å². The molecule has 0 bridgehead atoms. The summed E-state index contributed by atoms with van der Waals surface area (Å²) in [5, 5.41) is 15.4. The van der Waals surface area contributed by atoms with Crippen LogP contribution in [0.2, 0.25) is 0 Å². The van der Waals surface area contributed by atoms with Gasteiger partial charge >= 0.3 is 0 Å². The third-order valence-corrected chi connectivity index (χ3v) is 5.65. The predicted molar refractivity (Wildman–Crippen MR) is 119 cm³/mol. The van der Waals surface area contributed by atoms with Crippen molar-refractivity contribution < 1.29 is 0 Å². The van der Waals surface area contributed by atoms with Crippen LogP contribution in [0, 0.1) is 0 Å². The van der Waals surface area contributed by atoms with Crippen LogP contribution in [0.15, 0.2) is 53.6 Å². The average molecular weight is 401 g/mol. The molecule has 3 aromatic heterocycles. The standard InChI is InChI=1S/C22H23N7O/c23-16-6-2-4-8-18(16)27-19-10-14-11-25-29-22(30)20(14)21(28-19)26-15-9-13-5-1-3-7-17(13)24-12-15/h1,3,5,7,9-12,16,18H,2,4,6,8,23H2,(H,29,30)(H2,26,27,28)/t16-,18?/m0/s1. The second-order valence-corrected chi connectivity index (χ2v) is 7.76. The van der Waals surface area contributed by atoms with Crippen LogP contribution in [-0.2, 0) is 0 Å². The molecule has 4 aromatic rings. The van der Waals surface area contributed by atoms with Crippen LogP contribution < -0.4 is 21.9 Å². The molecular weight excluding hydrogens is 378 g/mol. The van der Waals surface area contributed by atoms with E-state index < -0.39 is 0 Å². The number of hydrogen-bond acceptors (Lipinski definition) is 7. The van der Waals surface area contributed by atoms with E-state index >= 15 is 0 Å². The summed E-state index contributed by atoms with van der Waals surface area (Å²) in [6.07, 6.45) is 7.68. The molecule has 0 spiro atoms. The van der Waals surface area contributed by atoms with Crippen LogP contribution >= 0.6 is 0 Å². The first-order valence-corrected chi connectivity index (χ1v) is 10.2. The van der Waals surface area contributed by atoms with Crippen molar-refractivity contribution in [3.05, 3.63) is 59.1 Å². The van der Waals surface area contributed by atoms with Crippen molar-refractivity contribution >= 4 is 39.0 Å². The van der Waals surface area contributed by atoms with E-state index in [4.69, 9.17) is 10.7 Å². The molecule has 3 heterocycles. The average Bonchev–Trinajstić information content (AvgIpc) is 2.75. The third kappa shape index (κ3) is 3.57. The summed E-state index contributed by atoms with van der Waals surface area (Å²) >= 11 is 0. The number of H-pyrrole nitrogens is 1. The maximum absolute atomic E-state index is 12.5. The van der Waals surface area contributed by atoms with E-state index in [2.05, 4.69) is 25.8 Å². The summed E-state index contributed by atoms with van der Waals surface area (Å²) < 4.78 is 0. The molecule has 8 heteroatoms. The van der Waals surface area contributed by atoms with Crippen molar-refractivity contribution in [1.29, 1.82) is 0 Å². The molecule has 0 amide bonds. The normalized spacial score (nSPS) is 19.1. The Bertz CT molecular complexity index is 1270. The molecule has 0 aliphatic heterocycles. The fraction of sp³-hybridized carbons (Fsp3) is 0.273. The smallest absolute Gasteiger partial charge is 0.275 e. The highest BCUT2D eigenvalue weighted by Gasteiger charge is 2.22. The number of pyridine rings is 2. The lowest BCUT2D eigenvalue weighted by Crippen LogP contribution is -2.42. The van der Waals surface area contributed by atoms with Crippen LogP contribution in [0.25, 0.3) is 21.7 Å². The molecule has 0 saturated heterocycles. The van der Waals surface area contributed by atoms with E-state index in [0.29, 0.717) is 22.4 Å². The van der Waals surface area contributed by atoms with E-state index in [-0.39, 0.29) is 17.6 Å². The van der Waals surface area contributed by atoms with E-state index in [1.807, 2.05) is 36.4 Å². The van der Waals surface area contributed by atoms with Gasteiger partial charge in [0.1, 0.15) is 11.6 Å². The van der Waals surface area contributed by atoms with E-state index in [0.717, 1.165) is 42.3 Å². The van der Waals surface area contributed by atoms with E-state index in [1.54, 1.807) is 12.4 Å². The summed E-state index contributed by atoms with van der Waals surface area (Å²) in [5.41, 5.74) is 7.66. The Morgan fingerprint density at radius 1 is 1.07 bits per heavy atom. The highest BCUT2D eigenvalue weighted by Crippen LogP contribution is 2.27. The zero-order valence-electron chi connectivity index (χ0n) is 16.4. The molecule has 30 heavy (non-hydrogen) atoms. The monoisotopic (exact) mass is 401 g/mol. The van der Waals surface area contributed by atoms with Gasteiger partial charge in [-0.25, -0.2) is 10.1 Å². The second kappa shape index (κ2) is 7.72. The number of nitrogens with one attached hydrogen (secondary N) is 3.